The van der Waals surface area contributed by atoms with Crippen LogP contribution in [0, 0.1) is 6.92 Å². The monoisotopic (exact) mass is 322 g/mol. The van der Waals surface area contributed by atoms with E-state index < -0.39 is 11.9 Å². The van der Waals surface area contributed by atoms with E-state index in [-0.39, 0.29) is 10.6 Å². The van der Waals surface area contributed by atoms with Gasteiger partial charge in [0, 0.05) is 10.7 Å². The fourth-order valence-electron chi connectivity index (χ4n) is 1.71. The number of carbonyl (C=O) groups is 2. The highest BCUT2D eigenvalue weighted by molar-refractivity contribution is 6.37. The highest BCUT2D eigenvalue weighted by Crippen LogP contribution is 2.21. The van der Waals surface area contributed by atoms with Gasteiger partial charge in [-0.15, -0.1) is 0 Å². The Balaban J connectivity index is 2.06. The SMILES string of the molecule is Cc1ccccc1NC(=O)NC(=O)c1ccc(Cl)cc1Cl. The number of hydrogen-bond donors (Lipinski definition) is 2. The van der Waals surface area contributed by atoms with Gasteiger partial charge in [-0.25, -0.2) is 4.79 Å². The van der Waals surface area contributed by atoms with E-state index in [0.29, 0.717) is 10.7 Å². The number of benzene rings is 2. The van der Waals surface area contributed by atoms with Gasteiger partial charge in [0.1, 0.15) is 0 Å². The maximum Gasteiger partial charge on any atom is 0.326 e. The number of hydrogen-bond acceptors (Lipinski definition) is 2. The summed E-state index contributed by atoms with van der Waals surface area (Å²) < 4.78 is 0. The number of carbonyl (C=O) groups excluding carboxylic acids is 2. The molecule has 2 N–H and O–H groups in total. The number of amides is 3. The van der Waals surface area contributed by atoms with Crippen molar-refractivity contribution < 1.29 is 9.59 Å². The molecule has 0 saturated carbocycles. The number of rotatable bonds is 2. The van der Waals surface area contributed by atoms with Gasteiger partial charge in [-0.3, -0.25) is 10.1 Å². The van der Waals surface area contributed by atoms with Crippen LogP contribution in [-0.2, 0) is 0 Å². The summed E-state index contributed by atoms with van der Waals surface area (Å²) in [5.41, 5.74) is 1.70. The van der Waals surface area contributed by atoms with Crippen molar-refractivity contribution in [2.75, 3.05) is 5.32 Å². The van der Waals surface area contributed by atoms with Crippen molar-refractivity contribution >= 4 is 40.8 Å². The zero-order chi connectivity index (χ0) is 15.4. The average Bonchev–Trinajstić information content (AvgIpc) is 2.41. The third-order valence-corrected chi connectivity index (χ3v) is 3.34. The number of anilines is 1. The fourth-order valence-corrected chi connectivity index (χ4v) is 2.21. The van der Waals surface area contributed by atoms with Crippen LogP contribution in [0.1, 0.15) is 15.9 Å². The third kappa shape index (κ3) is 3.97. The third-order valence-electron chi connectivity index (χ3n) is 2.80. The van der Waals surface area contributed by atoms with Crippen molar-refractivity contribution in [2.45, 2.75) is 6.92 Å². The maximum atomic E-state index is 12.0. The van der Waals surface area contributed by atoms with Gasteiger partial charge < -0.3 is 5.32 Å². The van der Waals surface area contributed by atoms with Crippen LogP contribution in [0.25, 0.3) is 0 Å². The summed E-state index contributed by atoms with van der Waals surface area (Å²) in [4.78, 5) is 23.8. The summed E-state index contributed by atoms with van der Waals surface area (Å²) in [7, 11) is 0. The van der Waals surface area contributed by atoms with Gasteiger partial charge in [0.2, 0.25) is 0 Å². The lowest BCUT2D eigenvalue weighted by molar-refractivity contribution is 0.0967. The molecule has 0 aliphatic heterocycles. The Hall–Kier alpha value is -2.04. The minimum atomic E-state index is -0.625. The Bertz CT molecular complexity index is 702. The zero-order valence-electron chi connectivity index (χ0n) is 11.1. The molecule has 0 saturated heterocycles. The lowest BCUT2D eigenvalue weighted by Gasteiger charge is -2.09. The summed E-state index contributed by atoms with van der Waals surface area (Å²) in [5.74, 6) is -0.595. The molecule has 3 amide bonds. The van der Waals surface area contributed by atoms with Crippen LogP contribution in [-0.4, -0.2) is 11.9 Å². The molecule has 21 heavy (non-hydrogen) atoms. The second-order valence-corrected chi connectivity index (χ2v) is 5.19. The van der Waals surface area contributed by atoms with Crippen molar-refractivity contribution in [1.29, 1.82) is 0 Å². The standard InChI is InChI=1S/C15H12Cl2N2O2/c1-9-4-2-3-5-13(9)18-15(21)19-14(20)11-7-6-10(16)8-12(11)17/h2-8H,1H3,(H2,18,19,20,21). The van der Waals surface area contributed by atoms with Crippen LogP contribution in [0.3, 0.4) is 0 Å². The molecule has 0 aliphatic rings. The van der Waals surface area contributed by atoms with Crippen LogP contribution in [0.2, 0.25) is 10.0 Å². The Kier molecular flexibility index (Phi) is 4.83. The van der Waals surface area contributed by atoms with Gasteiger partial charge in [0.05, 0.1) is 10.6 Å². The molecule has 2 rings (SSSR count). The number of aryl methyl sites for hydroxylation is 1. The Labute approximate surface area is 132 Å². The minimum Gasteiger partial charge on any atom is -0.307 e. The smallest absolute Gasteiger partial charge is 0.307 e. The normalized spacial score (nSPS) is 10.0. The van der Waals surface area contributed by atoms with Crippen LogP contribution < -0.4 is 10.6 Å². The molecule has 0 heterocycles. The second kappa shape index (κ2) is 6.61. The topological polar surface area (TPSA) is 58.2 Å². The van der Waals surface area contributed by atoms with Gasteiger partial charge >= 0.3 is 6.03 Å². The van der Waals surface area contributed by atoms with Crippen molar-refractivity contribution in [2.24, 2.45) is 0 Å². The second-order valence-electron chi connectivity index (χ2n) is 4.35. The molecular weight excluding hydrogens is 311 g/mol. The Morgan fingerprint density at radius 1 is 1.05 bits per heavy atom. The molecule has 2 aromatic carbocycles. The summed E-state index contributed by atoms with van der Waals surface area (Å²) in [6, 6.07) is 11.1. The van der Waals surface area contributed by atoms with E-state index in [1.165, 1.54) is 18.2 Å². The van der Waals surface area contributed by atoms with E-state index in [1.54, 1.807) is 12.1 Å². The quantitative estimate of drug-likeness (QED) is 0.867. The Morgan fingerprint density at radius 2 is 1.76 bits per heavy atom. The van der Waals surface area contributed by atoms with E-state index in [2.05, 4.69) is 10.6 Å². The fraction of sp³-hybridized carbons (Fsp3) is 0.0667. The molecule has 6 heteroatoms. The minimum absolute atomic E-state index is 0.181. The summed E-state index contributed by atoms with van der Waals surface area (Å²) in [6.07, 6.45) is 0. The molecule has 0 spiro atoms. The molecule has 0 aliphatic carbocycles. The van der Waals surface area contributed by atoms with Crippen LogP contribution >= 0.6 is 23.2 Å². The molecule has 4 nitrogen and oxygen atoms in total. The molecule has 0 unspecified atom stereocenters. The van der Waals surface area contributed by atoms with Gasteiger partial charge in [0.25, 0.3) is 5.91 Å². The highest BCUT2D eigenvalue weighted by atomic mass is 35.5. The van der Waals surface area contributed by atoms with E-state index in [0.717, 1.165) is 5.56 Å². The first-order chi connectivity index (χ1) is 9.97. The average molecular weight is 323 g/mol. The van der Waals surface area contributed by atoms with Crippen molar-refractivity contribution in [3.8, 4) is 0 Å². The highest BCUT2D eigenvalue weighted by Gasteiger charge is 2.14. The zero-order valence-corrected chi connectivity index (χ0v) is 12.6. The lowest BCUT2D eigenvalue weighted by atomic mass is 10.2. The van der Waals surface area contributed by atoms with E-state index >= 15 is 0 Å². The van der Waals surface area contributed by atoms with Gasteiger partial charge in [-0.05, 0) is 36.8 Å². The van der Waals surface area contributed by atoms with Crippen molar-refractivity contribution in [1.82, 2.24) is 5.32 Å². The van der Waals surface area contributed by atoms with Gasteiger partial charge in [-0.1, -0.05) is 41.4 Å². The van der Waals surface area contributed by atoms with E-state index in [4.69, 9.17) is 23.2 Å². The predicted molar refractivity (Wildman–Crippen MR) is 84.1 cm³/mol. The van der Waals surface area contributed by atoms with Crippen LogP contribution in [0.15, 0.2) is 42.5 Å². The van der Waals surface area contributed by atoms with E-state index in [9.17, 15) is 9.59 Å². The van der Waals surface area contributed by atoms with Gasteiger partial charge in [-0.2, -0.15) is 0 Å². The summed E-state index contributed by atoms with van der Waals surface area (Å²) >= 11 is 11.7. The molecule has 0 atom stereocenters. The number of halogens is 2. The van der Waals surface area contributed by atoms with Crippen LogP contribution in [0.4, 0.5) is 10.5 Å². The largest absolute Gasteiger partial charge is 0.326 e. The molecule has 108 valence electrons. The predicted octanol–water partition coefficient (Wildman–Crippen LogP) is 4.26. The van der Waals surface area contributed by atoms with E-state index in [1.807, 2.05) is 19.1 Å². The molecule has 0 radical (unpaired) electrons. The number of imide groups is 1. The van der Waals surface area contributed by atoms with Crippen molar-refractivity contribution in [3.05, 3.63) is 63.6 Å². The molecule has 0 aromatic heterocycles. The molecule has 0 fully saturated rings. The summed E-state index contributed by atoms with van der Waals surface area (Å²) in [5, 5.41) is 5.42. The number of para-hydroxylation sites is 1. The van der Waals surface area contributed by atoms with Crippen LogP contribution in [0.5, 0.6) is 0 Å². The molecule has 0 bridgehead atoms. The molecular formula is C15H12Cl2N2O2. The first kappa shape index (κ1) is 15.4. The van der Waals surface area contributed by atoms with Crippen molar-refractivity contribution in [3.63, 3.8) is 0 Å². The molecule has 2 aromatic rings. The first-order valence-corrected chi connectivity index (χ1v) is 6.86. The van der Waals surface area contributed by atoms with Gasteiger partial charge in [0.15, 0.2) is 0 Å². The first-order valence-electron chi connectivity index (χ1n) is 6.10. The maximum absolute atomic E-state index is 12.0. The number of nitrogens with one attached hydrogen (secondary N) is 2. The number of urea groups is 1. The summed E-state index contributed by atoms with van der Waals surface area (Å²) in [6.45, 7) is 1.85. The Morgan fingerprint density at radius 3 is 2.43 bits per heavy atom. The lowest BCUT2D eigenvalue weighted by Crippen LogP contribution is -2.34.